The van der Waals surface area contributed by atoms with E-state index in [1.165, 1.54) is 0 Å². The van der Waals surface area contributed by atoms with Gasteiger partial charge in [-0.2, -0.15) is 0 Å². The smallest absolute Gasteiger partial charge is 0.333 e. The molecule has 0 saturated heterocycles. The van der Waals surface area contributed by atoms with Gasteiger partial charge in [0.2, 0.25) is 0 Å². The largest absolute Gasteiger partial charge is 0.479 e. The van der Waals surface area contributed by atoms with Crippen LogP contribution in [0, 0.1) is 6.92 Å². The van der Waals surface area contributed by atoms with Crippen LogP contribution in [0.5, 0.6) is 0 Å². The topological polar surface area (TPSA) is 46.5 Å². The summed E-state index contributed by atoms with van der Waals surface area (Å²) < 4.78 is 5.16. The molecule has 0 fully saturated rings. The number of carboxylic acids is 1. The van der Waals surface area contributed by atoms with E-state index in [-0.39, 0.29) is 0 Å². The third-order valence-corrected chi connectivity index (χ3v) is 2.59. The van der Waals surface area contributed by atoms with Crippen LogP contribution < -0.4 is 0 Å². The lowest BCUT2D eigenvalue weighted by Gasteiger charge is -2.14. The van der Waals surface area contributed by atoms with Gasteiger partial charge in [-0.05, 0) is 37.1 Å². The molecule has 0 aliphatic rings. The van der Waals surface area contributed by atoms with E-state index in [1.807, 2.05) is 19.1 Å². The van der Waals surface area contributed by atoms with Gasteiger partial charge in [0, 0.05) is 18.1 Å². The Kier molecular flexibility index (Phi) is 4.77. The van der Waals surface area contributed by atoms with Crippen LogP contribution >= 0.6 is 11.6 Å². The molecule has 1 unspecified atom stereocenters. The standard InChI is InChI=1S/C12H15ClO3/c1-3-16-11(12(14)15)7-9-4-5-10(13)6-8(9)2/h4-6,11H,3,7H2,1-2H3,(H,14,15). The zero-order valence-electron chi connectivity index (χ0n) is 9.37. The molecule has 4 heteroatoms. The number of benzene rings is 1. The van der Waals surface area contributed by atoms with Crippen LogP contribution in [-0.4, -0.2) is 23.8 Å². The van der Waals surface area contributed by atoms with Crippen LogP contribution in [0.4, 0.5) is 0 Å². The van der Waals surface area contributed by atoms with Crippen LogP contribution in [0.2, 0.25) is 5.02 Å². The number of aliphatic carboxylic acids is 1. The molecule has 0 bridgehead atoms. The molecule has 1 atom stereocenters. The van der Waals surface area contributed by atoms with Crippen molar-refractivity contribution in [1.29, 1.82) is 0 Å². The fourth-order valence-electron chi connectivity index (χ4n) is 1.51. The quantitative estimate of drug-likeness (QED) is 0.864. The lowest BCUT2D eigenvalue weighted by molar-refractivity contribution is -0.149. The summed E-state index contributed by atoms with van der Waals surface area (Å²) in [6.07, 6.45) is -0.420. The van der Waals surface area contributed by atoms with Gasteiger partial charge in [0.05, 0.1) is 0 Å². The van der Waals surface area contributed by atoms with Crippen molar-refractivity contribution in [2.75, 3.05) is 6.61 Å². The van der Waals surface area contributed by atoms with E-state index >= 15 is 0 Å². The number of ether oxygens (including phenoxy) is 1. The minimum Gasteiger partial charge on any atom is -0.479 e. The first-order valence-corrected chi connectivity index (χ1v) is 5.51. The van der Waals surface area contributed by atoms with Gasteiger partial charge in [-0.25, -0.2) is 4.79 Å². The molecule has 0 aliphatic heterocycles. The number of aryl methyl sites for hydroxylation is 1. The molecular formula is C12H15ClO3. The number of hydrogen-bond acceptors (Lipinski definition) is 2. The normalized spacial score (nSPS) is 12.4. The van der Waals surface area contributed by atoms with E-state index in [4.69, 9.17) is 21.4 Å². The van der Waals surface area contributed by atoms with Gasteiger partial charge < -0.3 is 9.84 Å². The van der Waals surface area contributed by atoms with Crippen molar-refractivity contribution in [3.63, 3.8) is 0 Å². The third-order valence-electron chi connectivity index (χ3n) is 2.35. The van der Waals surface area contributed by atoms with Gasteiger partial charge in [-0.3, -0.25) is 0 Å². The predicted molar refractivity (Wildman–Crippen MR) is 62.9 cm³/mol. The monoisotopic (exact) mass is 242 g/mol. The maximum absolute atomic E-state index is 10.9. The lowest BCUT2D eigenvalue weighted by Crippen LogP contribution is -2.26. The van der Waals surface area contributed by atoms with Crippen molar-refractivity contribution < 1.29 is 14.6 Å². The van der Waals surface area contributed by atoms with Crippen molar-refractivity contribution in [3.05, 3.63) is 34.3 Å². The highest BCUT2D eigenvalue weighted by molar-refractivity contribution is 6.30. The molecule has 16 heavy (non-hydrogen) atoms. The summed E-state index contributed by atoms with van der Waals surface area (Å²) >= 11 is 5.83. The van der Waals surface area contributed by atoms with E-state index in [1.54, 1.807) is 13.0 Å². The fourth-order valence-corrected chi connectivity index (χ4v) is 1.73. The Bertz CT molecular complexity index is 377. The molecule has 0 aromatic heterocycles. The molecule has 0 spiro atoms. The number of rotatable bonds is 5. The minimum atomic E-state index is -0.934. The fraction of sp³-hybridized carbons (Fsp3) is 0.417. The van der Waals surface area contributed by atoms with E-state index in [2.05, 4.69) is 0 Å². The van der Waals surface area contributed by atoms with Gasteiger partial charge >= 0.3 is 5.97 Å². The summed E-state index contributed by atoms with van der Waals surface area (Å²) in [7, 11) is 0. The number of carboxylic acid groups (broad SMARTS) is 1. The summed E-state index contributed by atoms with van der Waals surface area (Å²) in [5.41, 5.74) is 1.93. The Balaban J connectivity index is 2.81. The Labute approximate surface area is 100.0 Å². The summed E-state index contributed by atoms with van der Waals surface area (Å²) in [5.74, 6) is -0.934. The van der Waals surface area contributed by atoms with Crippen molar-refractivity contribution in [3.8, 4) is 0 Å². The molecule has 1 aromatic rings. The molecule has 0 aliphatic carbocycles. The number of carbonyl (C=O) groups is 1. The predicted octanol–water partition coefficient (Wildman–Crippen LogP) is 2.68. The first kappa shape index (κ1) is 13.0. The first-order valence-electron chi connectivity index (χ1n) is 5.14. The molecule has 1 rings (SSSR count). The Morgan fingerprint density at radius 3 is 2.75 bits per heavy atom. The summed E-state index contributed by atoms with van der Waals surface area (Å²) in [5, 5.41) is 9.62. The van der Waals surface area contributed by atoms with Crippen molar-refractivity contribution >= 4 is 17.6 Å². The summed E-state index contributed by atoms with van der Waals surface area (Å²) in [4.78, 5) is 10.9. The van der Waals surface area contributed by atoms with Gasteiger partial charge in [-0.1, -0.05) is 17.7 Å². The van der Waals surface area contributed by atoms with Crippen LogP contribution in [0.3, 0.4) is 0 Å². The van der Waals surface area contributed by atoms with Crippen molar-refractivity contribution in [1.82, 2.24) is 0 Å². The molecule has 0 saturated carbocycles. The zero-order chi connectivity index (χ0) is 12.1. The number of hydrogen-bond donors (Lipinski definition) is 1. The molecule has 1 N–H and O–H groups in total. The lowest BCUT2D eigenvalue weighted by atomic mass is 10.0. The first-order chi connectivity index (χ1) is 7.54. The van der Waals surface area contributed by atoms with Crippen LogP contribution in [0.1, 0.15) is 18.1 Å². The summed E-state index contributed by atoms with van der Waals surface area (Å²) in [6.45, 7) is 4.08. The van der Waals surface area contributed by atoms with Gasteiger partial charge in [0.1, 0.15) is 0 Å². The second-order valence-electron chi connectivity index (χ2n) is 3.56. The van der Waals surface area contributed by atoms with Crippen LogP contribution in [-0.2, 0) is 16.0 Å². The van der Waals surface area contributed by atoms with E-state index in [9.17, 15) is 4.79 Å². The van der Waals surface area contributed by atoms with Crippen LogP contribution in [0.15, 0.2) is 18.2 Å². The highest BCUT2D eigenvalue weighted by Crippen LogP contribution is 2.17. The molecule has 1 aromatic carbocycles. The maximum atomic E-state index is 10.9. The minimum absolute atomic E-state index is 0.367. The van der Waals surface area contributed by atoms with Crippen molar-refractivity contribution in [2.45, 2.75) is 26.4 Å². The van der Waals surface area contributed by atoms with Crippen LogP contribution in [0.25, 0.3) is 0 Å². The molecular weight excluding hydrogens is 228 g/mol. The third kappa shape index (κ3) is 3.51. The molecule has 3 nitrogen and oxygen atoms in total. The van der Waals surface area contributed by atoms with Gasteiger partial charge in [0.25, 0.3) is 0 Å². The molecule has 88 valence electrons. The zero-order valence-corrected chi connectivity index (χ0v) is 10.1. The Morgan fingerprint density at radius 2 is 2.25 bits per heavy atom. The SMILES string of the molecule is CCOC(Cc1ccc(Cl)cc1C)C(=O)O. The highest BCUT2D eigenvalue weighted by Gasteiger charge is 2.18. The molecule has 0 heterocycles. The average Bonchev–Trinajstić information content (AvgIpc) is 2.20. The van der Waals surface area contributed by atoms with Gasteiger partial charge in [-0.15, -0.1) is 0 Å². The summed E-state index contributed by atoms with van der Waals surface area (Å²) in [6, 6.07) is 5.42. The van der Waals surface area contributed by atoms with E-state index in [0.29, 0.717) is 18.1 Å². The molecule has 0 radical (unpaired) electrons. The molecule has 0 amide bonds. The highest BCUT2D eigenvalue weighted by atomic mass is 35.5. The van der Waals surface area contributed by atoms with E-state index < -0.39 is 12.1 Å². The van der Waals surface area contributed by atoms with E-state index in [0.717, 1.165) is 11.1 Å². The second kappa shape index (κ2) is 5.87. The second-order valence-corrected chi connectivity index (χ2v) is 3.99. The number of halogens is 1. The maximum Gasteiger partial charge on any atom is 0.333 e. The Hall–Kier alpha value is -1.06. The van der Waals surface area contributed by atoms with Gasteiger partial charge in [0.15, 0.2) is 6.10 Å². The average molecular weight is 243 g/mol. The Morgan fingerprint density at radius 1 is 1.56 bits per heavy atom. The van der Waals surface area contributed by atoms with Crippen molar-refractivity contribution in [2.24, 2.45) is 0 Å².